The third-order valence-corrected chi connectivity index (χ3v) is 4.98. The summed E-state index contributed by atoms with van der Waals surface area (Å²) in [4.78, 5) is 13.8. The molecule has 5 rings (SSSR count). The molecule has 4 aromatic rings. The van der Waals surface area contributed by atoms with Crippen LogP contribution in [0.25, 0.3) is 22.6 Å². The lowest BCUT2D eigenvalue weighted by Crippen LogP contribution is -2.13. The summed E-state index contributed by atoms with van der Waals surface area (Å²) in [5.74, 6) is 2.10. The van der Waals surface area contributed by atoms with Gasteiger partial charge in [-0.3, -0.25) is 4.98 Å². The quantitative estimate of drug-likeness (QED) is 0.482. The molecule has 9 heteroatoms. The monoisotopic (exact) mass is 406 g/mol. The maximum absolute atomic E-state index is 5.88. The van der Waals surface area contributed by atoms with Crippen molar-refractivity contribution in [3.05, 3.63) is 53.3 Å². The van der Waals surface area contributed by atoms with E-state index >= 15 is 0 Å². The van der Waals surface area contributed by atoms with Gasteiger partial charge in [0.2, 0.25) is 0 Å². The molecule has 1 saturated heterocycles. The predicted molar refractivity (Wildman–Crippen MR) is 108 cm³/mol. The fourth-order valence-electron chi connectivity index (χ4n) is 3.50. The van der Waals surface area contributed by atoms with Crippen LogP contribution < -0.4 is 0 Å². The third kappa shape index (κ3) is 3.81. The lowest BCUT2D eigenvalue weighted by Gasteiger charge is -2.10. The van der Waals surface area contributed by atoms with Crippen molar-refractivity contribution in [3.8, 4) is 11.5 Å². The van der Waals surface area contributed by atoms with Crippen LogP contribution in [0.4, 0.5) is 0 Å². The van der Waals surface area contributed by atoms with Gasteiger partial charge in [-0.15, -0.1) is 5.10 Å². The van der Waals surface area contributed by atoms with Crippen LogP contribution >= 0.6 is 0 Å². The molecular weight excluding hydrogens is 384 g/mol. The molecule has 0 unspecified atom stereocenters. The molecule has 1 atom stereocenters. The number of aromatic nitrogens is 6. The van der Waals surface area contributed by atoms with Gasteiger partial charge in [0.25, 0.3) is 0 Å². The Balaban J connectivity index is 1.40. The van der Waals surface area contributed by atoms with Crippen molar-refractivity contribution in [1.82, 2.24) is 29.9 Å². The van der Waals surface area contributed by atoms with Crippen molar-refractivity contribution in [2.75, 3.05) is 13.2 Å². The molecule has 5 heterocycles. The van der Waals surface area contributed by atoms with Gasteiger partial charge in [-0.2, -0.15) is 0 Å². The van der Waals surface area contributed by atoms with Crippen molar-refractivity contribution in [3.63, 3.8) is 0 Å². The minimum absolute atomic E-state index is 0.151. The molecule has 0 aromatic carbocycles. The van der Waals surface area contributed by atoms with E-state index in [4.69, 9.17) is 18.9 Å². The number of rotatable bonds is 6. The van der Waals surface area contributed by atoms with Crippen LogP contribution in [0.2, 0.25) is 0 Å². The van der Waals surface area contributed by atoms with E-state index in [1.54, 1.807) is 4.68 Å². The molecule has 1 aliphatic rings. The van der Waals surface area contributed by atoms with Crippen LogP contribution in [0, 0.1) is 13.8 Å². The van der Waals surface area contributed by atoms with Crippen molar-refractivity contribution in [2.45, 2.75) is 39.5 Å². The summed E-state index contributed by atoms with van der Waals surface area (Å²) >= 11 is 0. The van der Waals surface area contributed by atoms with Gasteiger partial charge in [0.15, 0.2) is 16.9 Å². The summed E-state index contributed by atoms with van der Waals surface area (Å²) in [6, 6.07) is 9.68. The molecule has 0 saturated carbocycles. The van der Waals surface area contributed by atoms with Crippen LogP contribution in [-0.4, -0.2) is 49.3 Å². The average Bonchev–Trinajstić information content (AvgIpc) is 3.48. The second kappa shape index (κ2) is 7.92. The summed E-state index contributed by atoms with van der Waals surface area (Å²) in [6.45, 7) is 6.07. The zero-order chi connectivity index (χ0) is 20.5. The van der Waals surface area contributed by atoms with E-state index in [1.807, 2.05) is 44.2 Å². The Bertz CT molecular complexity index is 1180. The minimum atomic E-state index is 0.151. The Hall–Kier alpha value is -3.17. The minimum Gasteiger partial charge on any atom is -0.460 e. The Labute approximate surface area is 173 Å². The first-order chi connectivity index (χ1) is 14.7. The van der Waals surface area contributed by atoms with Crippen molar-refractivity contribution < 1.29 is 13.9 Å². The van der Waals surface area contributed by atoms with Crippen LogP contribution in [-0.2, 0) is 22.6 Å². The van der Waals surface area contributed by atoms with Crippen LogP contribution in [0.3, 0.4) is 0 Å². The highest BCUT2D eigenvalue weighted by atomic mass is 16.5. The number of fused-ring (bicyclic) bond motifs is 1. The fourth-order valence-corrected chi connectivity index (χ4v) is 3.50. The van der Waals surface area contributed by atoms with E-state index in [-0.39, 0.29) is 6.10 Å². The predicted octanol–water partition coefficient (Wildman–Crippen LogP) is 2.85. The molecule has 154 valence electrons. The smallest absolute Gasteiger partial charge is 0.183 e. The molecule has 0 aliphatic carbocycles. The van der Waals surface area contributed by atoms with E-state index in [0.717, 1.165) is 30.2 Å². The maximum atomic E-state index is 5.88. The summed E-state index contributed by atoms with van der Waals surface area (Å²) in [6.07, 6.45) is 1.08. The van der Waals surface area contributed by atoms with Crippen molar-refractivity contribution in [2.24, 2.45) is 0 Å². The fraction of sp³-hybridized carbons (Fsp3) is 0.381. The second-order valence-corrected chi connectivity index (χ2v) is 7.37. The third-order valence-electron chi connectivity index (χ3n) is 4.98. The van der Waals surface area contributed by atoms with Gasteiger partial charge in [0.05, 0.1) is 37.3 Å². The Morgan fingerprint density at radius 1 is 1.10 bits per heavy atom. The molecular formula is C21H22N6O3. The molecule has 0 amide bonds. The van der Waals surface area contributed by atoms with Crippen LogP contribution in [0.5, 0.6) is 0 Å². The molecule has 1 fully saturated rings. The number of nitrogens with zero attached hydrogens (tertiary/aromatic N) is 6. The molecule has 9 nitrogen and oxygen atoms in total. The Morgan fingerprint density at radius 2 is 2.00 bits per heavy atom. The number of furan rings is 1. The molecule has 4 aromatic heterocycles. The highest BCUT2D eigenvalue weighted by molar-refractivity contribution is 5.85. The van der Waals surface area contributed by atoms with Crippen LogP contribution in [0.15, 0.2) is 34.7 Å². The molecule has 1 aliphatic heterocycles. The molecule has 0 N–H and O–H groups in total. The summed E-state index contributed by atoms with van der Waals surface area (Å²) in [7, 11) is 0. The summed E-state index contributed by atoms with van der Waals surface area (Å²) in [5, 5.41) is 8.61. The van der Waals surface area contributed by atoms with Gasteiger partial charge in [0, 0.05) is 6.61 Å². The lowest BCUT2D eigenvalue weighted by atomic mass is 10.2. The summed E-state index contributed by atoms with van der Waals surface area (Å²) < 4.78 is 18.7. The van der Waals surface area contributed by atoms with E-state index in [0.29, 0.717) is 48.2 Å². The second-order valence-electron chi connectivity index (χ2n) is 7.37. The van der Waals surface area contributed by atoms with Gasteiger partial charge >= 0.3 is 0 Å². The van der Waals surface area contributed by atoms with Crippen LogP contribution in [0.1, 0.15) is 29.4 Å². The van der Waals surface area contributed by atoms with E-state index in [1.165, 1.54) is 0 Å². The standard InChI is InChI=1S/C21H22N6O3/c1-13-6-7-18(30-13)19-20-21(23-14(2)22-19)27(26-25-20)10-15-4-3-5-16(24-15)11-29-17-8-9-28-12-17/h3-7,17H,8-12H2,1-2H3/t17-/m0/s1. The molecule has 0 spiro atoms. The number of pyridine rings is 1. The number of hydrogen-bond acceptors (Lipinski definition) is 8. The Kier molecular flexibility index (Phi) is 4.97. The maximum Gasteiger partial charge on any atom is 0.183 e. The average molecular weight is 406 g/mol. The van der Waals surface area contributed by atoms with Gasteiger partial charge < -0.3 is 13.9 Å². The Morgan fingerprint density at radius 3 is 2.80 bits per heavy atom. The van der Waals surface area contributed by atoms with E-state index in [2.05, 4.69) is 20.3 Å². The van der Waals surface area contributed by atoms with E-state index < -0.39 is 0 Å². The molecule has 30 heavy (non-hydrogen) atoms. The van der Waals surface area contributed by atoms with Gasteiger partial charge in [-0.05, 0) is 44.5 Å². The first-order valence-corrected chi connectivity index (χ1v) is 9.94. The molecule has 0 bridgehead atoms. The number of aryl methyl sites for hydroxylation is 2. The number of ether oxygens (including phenoxy) is 2. The highest BCUT2D eigenvalue weighted by Gasteiger charge is 2.18. The zero-order valence-electron chi connectivity index (χ0n) is 16.9. The van der Waals surface area contributed by atoms with Crippen molar-refractivity contribution in [1.29, 1.82) is 0 Å². The summed E-state index contributed by atoms with van der Waals surface area (Å²) in [5.41, 5.74) is 3.64. The molecule has 0 radical (unpaired) electrons. The van der Waals surface area contributed by atoms with Gasteiger partial charge in [-0.1, -0.05) is 11.3 Å². The first-order valence-electron chi connectivity index (χ1n) is 9.94. The van der Waals surface area contributed by atoms with Gasteiger partial charge in [0.1, 0.15) is 17.3 Å². The van der Waals surface area contributed by atoms with Crippen molar-refractivity contribution >= 4 is 11.2 Å². The lowest BCUT2D eigenvalue weighted by molar-refractivity contribution is 0.0301. The number of hydrogen-bond donors (Lipinski definition) is 0. The largest absolute Gasteiger partial charge is 0.460 e. The van der Waals surface area contributed by atoms with E-state index in [9.17, 15) is 0 Å². The van der Waals surface area contributed by atoms with Gasteiger partial charge in [-0.25, -0.2) is 14.6 Å². The zero-order valence-corrected chi connectivity index (χ0v) is 16.9. The first kappa shape index (κ1) is 18.8. The highest BCUT2D eigenvalue weighted by Crippen LogP contribution is 2.26. The SMILES string of the molecule is Cc1nc(-c2ccc(C)o2)c2nnn(Cc3cccc(CO[C@H]4CCOC4)n3)c2n1. The normalized spacial score (nSPS) is 16.5. The topological polar surface area (TPSA) is 101 Å².